The molecule has 1 aliphatic heterocycles. The maximum atomic E-state index is 11.3. The van der Waals surface area contributed by atoms with Crippen LogP contribution >= 0.6 is 0 Å². The summed E-state index contributed by atoms with van der Waals surface area (Å²) in [5, 5.41) is 2.89. The standard InChI is InChI=1S/C12H11N3O/c16-12-4-2-9-1-3-10(7-11(9)14-12)15-6-5-13-8-15/h1,3,5-8H,2,4H2,(H,14,16). The van der Waals surface area contributed by atoms with Gasteiger partial charge in [-0.3, -0.25) is 4.79 Å². The Hall–Kier alpha value is -2.10. The molecule has 0 saturated carbocycles. The van der Waals surface area contributed by atoms with Crippen molar-refractivity contribution in [1.82, 2.24) is 9.55 Å². The zero-order valence-corrected chi connectivity index (χ0v) is 8.68. The molecule has 1 aromatic heterocycles. The Balaban J connectivity index is 2.04. The molecular weight excluding hydrogens is 202 g/mol. The number of amides is 1. The molecule has 2 heterocycles. The van der Waals surface area contributed by atoms with Crippen LogP contribution in [0.5, 0.6) is 0 Å². The lowest BCUT2D eigenvalue weighted by atomic mass is 10.0. The first-order valence-corrected chi connectivity index (χ1v) is 5.24. The molecule has 1 aliphatic rings. The molecule has 16 heavy (non-hydrogen) atoms. The molecule has 0 radical (unpaired) electrons. The van der Waals surface area contributed by atoms with Crippen molar-refractivity contribution in [1.29, 1.82) is 0 Å². The first kappa shape index (κ1) is 9.15. The van der Waals surface area contributed by atoms with Gasteiger partial charge < -0.3 is 9.88 Å². The van der Waals surface area contributed by atoms with Crippen LogP contribution in [0.2, 0.25) is 0 Å². The highest BCUT2D eigenvalue weighted by Gasteiger charge is 2.14. The average Bonchev–Trinajstić information content (AvgIpc) is 2.81. The summed E-state index contributed by atoms with van der Waals surface area (Å²) < 4.78 is 1.92. The zero-order valence-electron chi connectivity index (χ0n) is 8.68. The van der Waals surface area contributed by atoms with Crippen molar-refractivity contribution in [2.24, 2.45) is 0 Å². The minimum Gasteiger partial charge on any atom is -0.326 e. The van der Waals surface area contributed by atoms with Crippen molar-refractivity contribution in [3.63, 3.8) is 0 Å². The molecule has 0 unspecified atom stereocenters. The number of benzene rings is 1. The summed E-state index contributed by atoms with van der Waals surface area (Å²) in [6, 6.07) is 6.08. The Labute approximate surface area is 92.9 Å². The lowest BCUT2D eigenvalue weighted by Crippen LogP contribution is -2.19. The van der Waals surface area contributed by atoms with E-state index in [1.54, 1.807) is 12.5 Å². The lowest BCUT2D eigenvalue weighted by Gasteiger charge is -2.17. The zero-order chi connectivity index (χ0) is 11.0. The lowest BCUT2D eigenvalue weighted by molar-refractivity contribution is -0.116. The van der Waals surface area contributed by atoms with Gasteiger partial charge in [-0.1, -0.05) is 6.07 Å². The number of aromatic nitrogens is 2. The molecule has 0 saturated heterocycles. The first-order chi connectivity index (χ1) is 7.83. The third-order valence-electron chi connectivity index (χ3n) is 2.79. The highest BCUT2D eigenvalue weighted by atomic mass is 16.1. The molecule has 2 aromatic rings. The summed E-state index contributed by atoms with van der Waals surface area (Å²) in [5.41, 5.74) is 3.13. The van der Waals surface area contributed by atoms with Crippen LogP contribution in [-0.2, 0) is 11.2 Å². The van der Waals surface area contributed by atoms with E-state index in [1.165, 1.54) is 5.56 Å². The fraction of sp³-hybridized carbons (Fsp3) is 0.167. The summed E-state index contributed by atoms with van der Waals surface area (Å²) in [6.07, 6.45) is 6.76. The van der Waals surface area contributed by atoms with E-state index in [9.17, 15) is 4.79 Å². The first-order valence-electron chi connectivity index (χ1n) is 5.24. The maximum absolute atomic E-state index is 11.3. The van der Waals surface area contributed by atoms with Gasteiger partial charge in [0.15, 0.2) is 0 Å². The number of hydrogen-bond acceptors (Lipinski definition) is 2. The minimum atomic E-state index is 0.0929. The maximum Gasteiger partial charge on any atom is 0.224 e. The number of nitrogens with one attached hydrogen (secondary N) is 1. The molecule has 4 heteroatoms. The summed E-state index contributed by atoms with van der Waals surface area (Å²) in [4.78, 5) is 15.3. The van der Waals surface area contributed by atoms with E-state index in [0.717, 1.165) is 17.8 Å². The number of aryl methyl sites for hydroxylation is 1. The molecule has 0 fully saturated rings. The third kappa shape index (κ3) is 1.48. The monoisotopic (exact) mass is 213 g/mol. The predicted molar refractivity (Wildman–Crippen MR) is 60.5 cm³/mol. The number of fused-ring (bicyclic) bond motifs is 1. The van der Waals surface area contributed by atoms with Crippen LogP contribution in [0.25, 0.3) is 5.69 Å². The molecular formula is C12H11N3O. The third-order valence-corrected chi connectivity index (χ3v) is 2.79. The van der Waals surface area contributed by atoms with E-state index in [4.69, 9.17) is 0 Å². The van der Waals surface area contributed by atoms with Crippen molar-refractivity contribution < 1.29 is 4.79 Å². The van der Waals surface area contributed by atoms with Crippen molar-refractivity contribution in [2.45, 2.75) is 12.8 Å². The molecule has 1 N–H and O–H groups in total. The van der Waals surface area contributed by atoms with E-state index in [0.29, 0.717) is 6.42 Å². The number of rotatable bonds is 1. The Kier molecular flexibility index (Phi) is 1.99. The van der Waals surface area contributed by atoms with E-state index in [-0.39, 0.29) is 5.91 Å². The van der Waals surface area contributed by atoms with E-state index < -0.39 is 0 Å². The van der Waals surface area contributed by atoms with Crippen LogP contribution in [-0.4, -0.2) is 15.5 Å². The molecule has 3 rings (SSSR count). The minimum absolute atomic E-state index is 0.0929. The number of anilines is 1. The molecule has 4 nitrogen and oxygen atoms in total. The van der Waals surface area contributed by atoms with E-state index >= 15 is 0 Å². The van der Waals surface area contributed by atoms with Crippen LogP contribution in [0, 0.1) is 0 Å². The second-order valence-corrected chi connectivity index (χ2v) is 3.86. The SMILES string of the molecule is O=C1CCc2ccc(-n3ccnc3)cc2N1. The number of nitrogens with zero attached hydrogens (tertiary/aromatic N) is 2. The largest absolute Gasteiger partial charge is 0.326 e. The van der Waals surface area contributed by atoms with Crippen LogP contribution < -0.4 is 5.32 Å². The van der Waals surface area contributed by atoms with Gasteiger partial charge in [0.05, 0.1) is 6.33 Å². The molecule has 0 spiro atoms. The Bertz CT molecular complexity index is 531. The van der Waals surface area contributed by atoms with Crippen LogP contribution in [0.3, 0.4) is 0 Å². The second kappa shape index (κ2) is 3.48. The Morgan fingerprint density at radius 2 is 2.25 bits per heavy atom. The fourth-order valence-electron chi connectivity index (χ4n) is 1.93. The van der Waals surface area contributed by atoms with E-state index in [2.05, 4.69) is 16.4 Å². The molecule has 1 aromatic carbocycles. The smallest absolute Gasteiger partial charge is 0.224 e. The van der Waals surface area contributed by atoms with Gasteiger partial charge in [0.1, 0.15) is 0 Å². The average molecular weight is 213 g/mol. The molecule has 0 bridgehead atoms. The van der Waals surface area contributed by atoms with Gasteiger partial charge in [0, 0.05) is 30.2 Å². The highest BCUT2D eigenvalue weighted by molar-refractivity contribution is 5.94. The van der Waals surface area contributed by atoms with Gasteiger partial charge in [-0.05, 0) is 24.1 Å². The topological polar surface area (TPSA) is 46.9 Å². The number of imidazole rings is 1. The van der Waals surface area contributed by atoms with Gasteiger partial charge >= 0.3 is 0 Å². The van der Waals surface area contributed by atoms with Gasteiger partial charge in [-0.15, -0.1) is 0 Å². The van der Waals surface area contributed by atoms with Gasteiger partial charge in [0.2, 0.25) is 5.91 Å². The molecule has 1 amide bonds. The Morgan fingerprint density at radius 1 is 1.31 bits per heavy atom. The summed E-state index contributed by atoms with van der Waals surface area (Å²) >= 11 is 0. The number of hydrogen-bond donors (Lipinski definition) is 1. The van der Waals surface area contributed by atoms with Crippen molar-refractivity contribution in [3.05, 3.63) is 42.5 Å². The second-order valence-electron chi connectivity index (χ2n) is 3.86. The molecule has 0 atom stereocenters. The van der Waals surface area contributed by atoms with Gasteiger partial charge in [-0.2, -0.15) is 0 Å². The highest BCUT2D eigenvalue weighted by Crippen LogP contribution is 2.25. The van der Waals surface area contributed by atoms with Crippen LogP contribution in [0.1, 0.15) is 12.0 Å². The number of carbonyl (C=O) groups excluding carboxylic acids is 1. The summed E-state index contributed by atoms with van der Waals surface area (Å²) in [7, 11) is 0. The summed E-state index contributed by atoms with van der Waals surface area (Å²) in [6.45, 7) is 0. The molecule has 80 valence electrons. The Morgan fingerprint density at radius 3 is 3.06 bits per heavy atom. The van der Waals surface area contributed by atoms with Crippen molar-refractivity contribution in [3.8, 4) is 5.69 Å². The number of carbonyl (C=O) groups is 1. The van der Waals surface area contributed by atoms with Crippen LogP contribution in [0.15, 0.2) is 36.9 Å². The quantitative estimate of drug-likeness (QED) is 0.784. The van der Waals surface area contributed by atoms with Crippen molar-refractivity contribution >= 4 is 11.6 Å². The van der Waals surface area contributed by atoms with Crippen LogP contribution in [0.4, 0.5) is 5.69 Å². The summed E-state index contributed by atoms with van der Waals surface area (Å²) in [5.74, 6) is 0.0929. The molecule has 0 aliphatic carbocycles. The fourth-order valence-corrected chi connectivity index (χ4v) is 1.93. The predicted octanol–water partition coefficient (Wildman–Crippen LogP) is 1.76. The van der Waals surface area contributed by atoms with Gasteiger partial charge in [0.25, 0.3) is 0 Å². The van der Waals surface area contributed by atoms with Gasteiger partial charge in [-0.25, -0.2) is 4.98 Å². The van der Waals surface area contributed by atoms with E-state index in [1.807, 2.05) is 22.9 Å². The van der Waals surface area contributed by atoms with Crippen molar-refractivity contribution in [2.75, 3.05) is 5.32 Å². The normalized spacial score (nSPS) is 14.4.